The summed E-state index contributed by atoms with van der Waals surface area (Å²) in [6, 6.07) is 5.30. The molecule has 0 aliphatic carbocycles. The lowest BCUT2D eigenvalue weighted by atomic mass is 10.1. The molecule has 1 aromatic carbocycles. The van der Waals surface area contributed by atoms with E-state index in [1.54, 1.807) is 30.2 Å². The van der Waals surface area contributed by atoms with Crippen LogP contribution in [0.3, 0.4) is 0 Å². The van der Waals surface area contributed by atoms with E-state index in [9.17, 15) is 4.79 Å². The Morgan fingerprint density at radius 3 is 2.82 bits per heavy atom. The molecule has 0 bridgehead atoms. The number of carbonyl (C=O) groups excluding carboxylic acids is 1. The van der Waals surface area contributed by atoms with Crippen molar-refractivity contribution in [2.75, 3.05) is 24.4 Å². The van der Waals surface area contributed by atoms with Crippen LogP contribution in [-0.4, -0.2) is 25.4 Å². The Hall–Kier alpha value is -0.930. The topological polar surface area (TPSA) is 29.5 Å². The number of benzene rings is 1. The van der Waals surface area contributed by atoms with Crippen molar-refractivity contribution in [1.82, 2.24) is 0 Å². The highest BCUT2D eigenvalue weighted by molar-refractivity contribution is 6.34. The number of rotatable bonds is 3. The summed E-state index contributed by atoms with van der Waals surface area (Å²) in [4.78, 5) is 13.5. The third kappa shape index (κ3) is 2.50. The fourth-order valence-corrected chi connectivity index (χ4v) is 2.43. The number of carbonyl (C=O) groups is 1. The molecule has 1 fully saturated rings. The van der Waals surface area contributed by atoms with Crippen LogP contribution in [0.2, 0.25) is 5.02 Å². The van der Waals surface area contributed by atoms with Gasteiger partial charge in [0.1, 0.15) is 5.75 Å². The molecule has 0 saturated carbocycles. The van der Waals surface area contributed by atoms with E-state index in [0.717, 1.165) is 5.69 Å². The zero-order valence-corrected chi connectivity index (χ0v) is 11.0. The van der Waals surface area contributed by atoms with Gasteiger partial charge >= 0.3 is 0 Å². The highest BCUT2D eigenvalue weighted by Crippen LogP contribution is 2.33. The maximum atomic E-state index is 11.8. The van der Waals surface area contributed by atoms with Crippen LogP contribution < -0.4 is 9.64 Å². The van der Waals surface area contributed by atoms with Crippen molar-refractivity contribution in [3.8, 4) is 5.75 Å². The molecule has 1 saturated heterocycles. The normalized spacial score (nSPS) is 19.8. The van der Waals surface area contributed by atoms with Gasteiger partial charge in [-0.3, -0.25) is 4.79 Å². The maximum Gasteiger partial charge on any atom is 0.227 e. The predicted octanol–water partition coefficient (Wildman–Crippen LogP) is 2.94. The molecule has 1 heterocycles. The summed E-state index contributed by atoms with van der Waals surface area (Å²) < 4.78 is 5.07. The molecule has 0 spiro atoms. The predicted molar refractivity (Wildman–Crippen MR) is 69.2 cm³/mol. The van der Waals surface area contributed by atoms with Crippen LogP contribution in [-0.2, 0) is 4.79 Å². The fraction of sp³-hybridized carbons (Fsp3) is 0.417. The summed E-state index contributed by atoms with van der Waals surface area (Å²) in [5, 5.41) is 0.521. The van der Waals surface area contributed by atoms with Gasteiger partial charge in [0.05, 0.1) is 17.8 Å². The summed E-state index contributed by atoms with van der Waals surface area (Å²) in [5.41, 5.74) is 0.727. The molecule has 2 rings (SSSR count). The molecule has 92 valence electrons. The maximum absolute atomic E-state index is 11.8. The number of nitrogens with zero attached hydrogens (tertiary/aromatic N) is 1. The van der Waals surface area contributed by atoms with Crippen molar-refractivity contribution in [2.24, 2.45) is 5.92 Å². The van der Waals surface area contributed by atoms with E-state index in [4.69, 9.17) is 27.9 Å². The van der Waals surface area contributed by atoms with Crippen LogP contribution in [0.4, 0.5) is 5.69 Å². The van der Waals surface area contributed by atoms with Crippen molar-refractivity contribution >= 4 is 34.8 Å². The van der Waals surface area contributed by atoms with Crippen LogP contribution in [0.1, 0.15) is 6.42 Å². The van der Waals surface area contributed by atoms with Gasteiger partial charge in [-0.2, -0.15) is 0 Å². The van der Waals surface area contributed by atoms with Crippen molar-refractivity contribution in [3.63, 3.8) is 0 Å². The third-order valence-electron chi connectivity index (χ3n) is 2.87. The molecule has 0 aromatic heterocycles. The average Bonchev–Trinajstić information content (AvgIpc) is 2.70. The van der Waals surface area contributed by atoms with Crippen molar-refractivity contribution in [1.29, 1.82) is 0 Å². The number of alkyl halides is 1. The molecule has 17 heavy (non-hydrogen) atoms. The third-order valence-corrected chi connectivity index (χ3v) is 3.61. The van der Waals surface area contributed by atoms with E-state index in [0.29, 0.717) is 29.6 Å². The lowest BCUT2D eigenvalue weighted by molar-refractivity contribution is -0.117. The van der Waals surface area contributed by atoms with Gasteiger partial charge in [-0.25, -0.2) is 0 Å². The minimum absolute atomic E-state index is 0.0720. The quantitative estimate of drug-likeness (QED) is 0.793. The Bertz CT molecular complexity index is 437. The number of amides is 1. The minimum Gasteiger partial charge on any atom is -0.497 e. The first kappa shape index (κ1) is 12.5. The van der Waals surface area contributed by atoms with Gasteiger partial charge in [-0.15, -0.1) is 11.6 Å². The second-order valence-electron chi connectivity index (χ2n) is 4.05. The molecule has 1 aromatic rings. The van der Waals surface area contributed by atoms with Crippen molar-refractivity contribution < 1.29 is 9.53 Å². The number of hydrogen-bond donors (Lipinski definition) is 0. The largest absolute Gasteiger partial charge is 0.497 e. The van der Waals surface area contributed by atoms with Crippen LogP contribution in [0.15, 0.2) is 18.2 Å². The summed E-state index contributed by atoms with van der Waals surface area (Å²) in [6.07, 6.45) is 0.492. The van der Waals surface area contributed by atoms with Gasteiger partial charge in [0.2, 0.25) is 5.91 Å². The number of ether oxygens (including phenoxy) is 1. The first-order chi connectivity index (χ1) is 8.15. The first-order valence-corrected chi connectivity index (χ1v) is 6.27. The monoisotopic (exact) mass is 273 g/mol. The zero-order chi connectivity index (χ0) is 12.4. The summed E-state index contributed by atoms with van der Waals surface area (Å²) in [6.45, 7) is 0.633. The van der Waals surface area contributed by atoms with E-state index in [1.165, 1.54) is 0 Å². The molecule has 1 aliphatic rings. The second-order valence-corrected chi connectivity index (χ2v) is 4.76. The smallest absolute Gasteiger partial charge is 0.227 e. The lowest BCUT2D eigenvalue weighted by Crippen LogP contribution is -2.24. The highest BCUT2D eigenvalue weighted by Gasteiger charge is 2.31. The van der Waals surface area contributed by atoms with E-state index in [1.807, 2.05) is 0 Å². The second kappa shape index (κ2) is 5.15. The van der Waals surface area contributed by atoms with E-state index >= 15 is 0 Å². The van der Waals surface area contributed by atoms with Gasteiger partial charge < -0.3 is 9.64 Å². The molecule has 1 amide bonds. The van der Waals surface area contributed by atoms with Gasteiger partial charge in [0, 0.05) is 24.9 Å². The van der Waals surface area contributed by atoms with Gasteiger partial charge in [0.25, 0.3) is 0 Å². The van der Waals surface area contributed by atoms with E-state index in [-0.39, 0.29) is 11.8 Å². The highest BCUT2D eigenvalue weighted by atomic mass is 35.5. The van der Waals surface area contributed by atoms with Crippen molar-refractivity contribution in [2.45, 2.75) is 6.42 Å². The summed E-state index contributed by atoms with van der Waals surface area (Å²) in [5.74, 6) is 1.46. The SMILES string of the molecule is COc1ccc(N2CC(CCl)CC2=O)c(Cl)c1. The minimum atomic E-state index is 0.0720. The number of anilines is 1. The number of hydrogen-bond acceptors (Lipinski definition) is 2. The van der Waals surface area contributed by atoms with Crippen molar-refractivity contribution in [3.05, 3.63) is 23.2 Å². The molecular weight excluding hydrogens is 261 g/mol. The fourth-order valence-electron chi connectivity index (χ4n) is 1.95. The van der Waals surface area contributed by atoms with Gasteiger partial charge in [0.15, 0.2) is 0 Å². The lowest BCUT2D eigenvalue weighted by Gasteiger charge is -2.18. The Morgan fingerprint density at radius 2 is 2.29 bits per heavy atom. The van der Waals surface area contributed by atoms with Gasteiger partial charge in [-0.05, 0) is 18.1 Å². The molecule has 1 unspecified atom stereocenters. The Labute approximate surface area is 110 Å². The molecular formula is C12H13Cl2NO2. The number of methoxy groups -OCH3 is 1. The molecule has 3 nitrogen and oxygen atoms in total. The zero-order valence-electron chi connectivity index (χ0n) is 9.45. The van der Waals surface area contributed by atoms with E-state index in [2.05, 4.69) is 0 Å². The molecule has 0 radical (unpaired) electrons. The van der Waals surface area contributed by atoms with Crippen LogP contribution in [0.5, 0.6) is 5.75 Å². The standard InChI is InChI=1S/C12H13Cl2NO2/c1-17-9-2-3-11(10(14)5-9)15-7-8(6-13)4-12(15)16/h2-3,5,8H,4,6-7H2,1H3. The molecule has 5 heteroatoms. The van der Waals surface area contributed by atoms with Gasteiger partial charge in [-0.1, -0.05) is 11.6 Å². The van der Waals surface area contributed by atoms with E-state index < -0.39 is 0 Å². The van der Waals surface area contributed by atoms with Crippen LogP contribution >= 0.6 is 23.2 Å². The molecule has 0 N–H and O–H groups in total. The summed E-state index contributed by atoms with van der Waals surface area (Å²) >= 11 is 11.9. The Balaban J connectivity index is 2.26. The average molecular weight is 274 g/mol. The van der Waals surface area contributed by atoms with Crippen LogP contribution in [0, 0.1) is 5.92 Å². The number of halogens is 2. The Kier molecular flexibility index (Phi) is 3.79. The Morgan fingerprint density at radius 1 is 1.53 bits per heavy atom. The first-order valence-electron chi connectivity index (χ1n) is 5.35. The summed E-state index contributed by atoms with van der Waals surface area (Å²) in [7, 11) is 1.58. The molecule has 1 atom stereocenters. The molecule has 1 aliphatic heterocycles. The van der Waals surface area contributed by atoms with Crippen LogP contribution in [0.25, 0.3) is 0 Å².